The third-order valence-electron chi connectivity index (χ3n) is 4.10. The van der Waals surface area contributed by atoms with Crippen LogP contribution in [0.15, 0.2) is 65.9 Å². The van der Waals surface area contributed by atoms with Crippen molar-refractivity contribution in [1.82, 2.24) is 10.7 Å². The fourth-order valence-electron chi connectivity index (χ4n) is 2.72. The number of carbonyl (C=O) groups is 3. The zero-order chi connectivity index (χ0) is 19.9. The molecule has 2 aromatic rings. The van der Waals surface area contributed by atoms with Crippen molar-refractivity contribution in [2.75, 3.05) is 17.3 Å². The van der Waals surface area contributed by atoms with Gasteiger partial charge >= 0.3 is 0 Å². The third kappa shape index (κ3) is 4.73. The van der Waals surface area contributed by atoms with Crippen LogP contribution in [0, 0.1) is 5.82 Å². The molecule has 0 saturated carbocycles. The summed E-state index contributed by atoms with van der Waals surface area (Å²) in [5, 5.41) is 5.54. The smallest absolute Gasteiger partial charge is 0.257 e. The van der Waals surface area contributed by atoms with Gasteiger partial charge in [-0.05, 0) is 30.7 Å². The summed E-state index contributed by atoms with van der Waals surface area (Å²) in [6.07, 6.45) is 0.120. The number of carbonyl (C=O) groups excluding carboxylic acids is 3. The molecular formula is C20H19FN4O3. The Morgan fingerprint density at radius 2 is 1.71 bits per heavy atom. The van der Waals surface area contributed by atoms with E-state index in [4.69, 9.17) is 0 Å². The highest BCUT2D eigenvalue weighted by Gasteiger charge is 2.29. The average Bonchev–Trinajstić information content (AvgIpc) is 3.03. The summed E-state index contributed by atoms with van der Waals surface area (Å²) in [6.45, 7) is -0.0603. The fraction of sp³-hybridized carbons (Fsp3) is 0.150. The Labute approximate surface area is 161 Å². The van der Waals surface area contributed by atoms with Gasteiger partial charge in [0.2, 0.25) is 5.91 Å². The molecular weight excluding hydrogens is 363 g/mol. The molecule has 4 N–H and O–H groups in total. The van der Waals surface area contributed by atoms with E-state index in [1.165, 1.54) is 12.1 Å². The van der Waals surface area contributed by atoms with Gasteiger partial charge in [-0.25, -0.2) is 4.39 Å². The standard InChI is InChI=1S/C20H19FN4O3/c21-14-8-4-5-9-15(14)24-25-18(27)11-10-16(19-17(26)12-22-20(19)28)23-13-6-2-1-3-7-13/h1-9,23-24H,10-12H2,(H,22,28)(H,25,27). The minimum Gasteiger partial charge on any atom is -0.358 e. The minimum absolute atomic E-state index is 0.0132. The second kappa shape index (κ2) is 8.81. The molecule has 0 radical (unpaired) electrons. The van der Waals surface area contributed by atoms with Crippen LogP contribution in [0.4, 0.5) is 15.8 Å². The van der Waals surface area contributed by atoms with Gasteiger partial charge in [-0.2, -0.15) is 0 Å². The van der Waals surface area contributed by atoms with E-state index >= 15 is 0 Å². The van der Waals surface area contributed by atoms with Gasteiger partial charge < -0.3 is 10.6 Å². The second-order valence-electron chi connectivity index (χ2n) is 6.10. The van der Waals surface area contributed by atoms with E-state index in [1.807, 2.05) is 18.2 Å². The molecule has 0 atom stereocenters. The number of benzene rings is 2. The van der Waals surface area contributed by atoms with Crippen LogP contribution in [-0.2, 0) is 14.4 Å². The topological polar surface area (TPSA) is 99.3 Å². The van der Waals surface area contributed by atoms with Crippen LogP contribution in [0.5, 0.6) is 0 Å². The summed E-state index contributed by atoms with van der Waals surface area (Å²) in [6, 6.07) is 15.0. The van der Waals surface area contributed by atoms with Crippen molar-refractivity contribution in [3.8, 4) is 0 Å². The molecule has 0 aromatic heterocycles. The van der Waals surface area contributed by atoms with Gasteiger partial charge in [0.15, 0.2) is 5.78 Å². The van der Waals surface area contributed by atoms with E-state index in [-0.39, 0.29) is 36.4 Å². The van der Waals surface area contributed by atoms with Crippen molar-refractivity contribution < 1.29 is 18.8 Å². The summed E-state index contributed by atoms with van der Waals surface area (Å²) in [7, 11) is 0. The van der Waals surface area contributed by atoms with E-state index in [1.54, 1.807) is 24.3 Å². The number of amides is 2. The minimum atomic E-state index is -0.496. The zero-order valence-electron chi connectivity index (χ0n) is 14.9. The Hall–Kier alpha value is -3.68. The highest BCUT2D eigenvalue weighted by atomic mass is 19.1. The number of Topliss-reactive ketones (excluding diaryl/α,β-unsaturated/α-hetero) is 1. The highest BCUT2D eigenvalue weighted by Crippen LogP contribution is 2.19. The molecule has 1 aliphatic rings. The summed E-state index contributed by atoms with van der Waals surface area (Å²) < 4.78 is 13.6. The van der Waals surface area contributed by atoms with Crippen LogP contribution in [0.25, 0.3) is 0 Å². The Morgan fingerprint density at radius 1 is 1.00 bits per heavy atom. The van der Waals surface area contributed by atoms with E-state index in [0.29, 0.717) is 11.4 Å². The van der Waals surface area contributed by atoms with E-state index in [0.717, 1.165) is 0 Å². The molecule has 3 rings (SSSR count). The molecule has 0 spiro atoms. The van der Waals surface area contributed by atoms with Crippen molar-refractivity contribution in [3.63, 3.8) is 0 Å². The van der Waals surface area contributed by atoms with Crippen LogP contribution in [-0.4, -0.2) is 24.1 Å². The van der Waals surface area contributed by atoms with Crippen molar-refractivity contribution in [1.29, 1.82) is 0 Å². The van der Waals surface area contributed by atoms with Crippen LogP contribution >= 0.6 is 0 Å². The van der Waals surface area contributed by atoms with Crippen LogP contribution in [0.2, 0.25) is 0 Å². The molecule has 1 heterocycles. The predicted molar refractivity (Wildman–Crippen MR) is 103 cm³/mol. The summed E-state index contributed by atoms with van der Waals surface area (Å²) >= 11 is 0. The lowest BCUT2D eigenvalue weighted by atomic mass is 10.1. The number of para-hydroxylation sites is 2. The lowest BCUT2D eigenvalue weighted by molar-refractivity contribution is -0.121. The zero-order valence-corrected chi connectivity index (χ0v) is 14.9. The number of nitrogens with one attached hydrogen (secondary N) is 4. The van der Waals surface area contributed by atoms with E-state index in [2.05, 4.69) is 21.5 Å². The van der Waals surface area contributed by atoms with E-state index < -0.39 is 17.6 Å². The molecule has 7 nitrogen and oxygen atoms in total. The largest absolute Gasteiger partial charge is 0.358 e. The second-order valence-corrected chi connectivity index (χ2v) is 6.10. The highest BCUT2D eigenvalue weighted by molar-refractivity contribution is 6.25. The third-order valence-corrected chi connectivity index (χ3v) is 4.10. The van der Waals surface area contributed by atoms with Gasteiger partial charge in [0.1, 0.15) is 11.4 Å². The number of halogens is 1. The Morgan fingerprint density at radius 3 is 2.39 bits per heavy atom. The molecule has 28 heavy (non-hydrogen) atoms. The first-order valence-electron chi connectivity index (χ1n) is 8.70. The predicted octanol–water partition coefficient (Wildman–Crippen LogP) is 2.11. The molecule has 2 aromatic carbocycles. The molecule has 2 amide bonds. The number of hydrogen-bond donors (Lipinski definition) is 4. The lowest BCUT2D eigenvalue weighted by Crippen LogP contribution is -2.30. The molecule has 0 bridgehead atoms. The van der Waals surface area contributed by atoms with Gasteiger partial charge in [0, 0.05) is 17.8 Å². The molecule has 8 heteroatoms. The SMILES string of the molecule is O=C(CCC(Nc1ccccc1)=C1C(=O)CNC1=O)NNc1ccccc1F. The first kappa shape index (κ1) is 19.1. The van der Waals surface area contributed by atoms with Crippen molar-refractivity contribution >= 4 is 29.0 Å². The van der Waals surface area contributed by atoms with Gasteiger partial charge in [0.05, 0.1) is 12.2 Å². The van der Waals surface area contributed by atoms with E-state index in [9.17, 15) is 18.8 Å². The molecule has 144 valence electrons. The molecule has 1 fully saturated rings. The normalized spacial score (nSPS) is 15.0. The molecule has 0 unspecified atom stereocenters. The maximum Gasteiger partial charge on any atom is 0.257 e. The summed E-state index contributed by atoms with van der Waals surface area (Å²) in [4.78, 5) is 36.2. The van der Waals surface area contributed by atoms with Crippen LogP contribution in [0.1, 0.15) is 12.8 Å². The Bertz CT molecular complexity index is 910. The maximum absolute atomic E-state index is 13.6. The monoisotopic (exact) mass is 382 g/mol. The number of anilines is 2. The Kier molecular flexibility index (Phi) is 6.01. The fourth-order valence-corrected chi connectivity index (χ4v) is 2.72. The van der Waals surface area contributed by atoms with Crippen molar-refractivity contribution in [2.45, 2.75) is 12.8 Å². The number of hydrogen-bond acceptors (Lipinski definition) is 5. The number of hydrazine groups is 1. The number of allylic oxidation sites excluding steroid dienone is 1. The Balaban J connectivity index is 1.67. The van der Waals surface area contributed by atoms with Gasteiger partial charge in [-0.15, -0.1) is 0 Å². The quantitative estimate of drug-likeness (QED) is 0.334. The molecule has 0 aliphatic carbocycles. The number of rotatable bonds is 7. The van der Waals surface area contributed by atoms with Crippen molar-refractivity contribution in [2.24, 2.45) is 0 Å². The average molecular weight is 382 g/mol. The van der Waals surface area contributed by atoms with Crippen LogP contribution in [0.3, 0.4) is 0 Å². The summed E-state index contributed by atoms with van der Waals surface area (Å²) in [5.41, 5.74) is 6.16. The van der Waals surface area contributed by atoms with Crippen molar-refractivity contribution in [3.05, 3.63) is 71.7 Å². The first-order valence-corrected chi connectivity index (χ1v) is 8.70. The van der Waals surface area contributed by atoms with Crippen LogP contribution < -0.4 is 21.5 Å². The number of ketones is 1. The summed E-state index contributed by atoms with van der Waals surface area (Å²) in [5.74, 6) is -1.70. The lowest BCUT2D eigenvalue weighted by Gasteiger charge is -2.14. The maximum atomic E-state index is 13.6. The van der Waals surface area contributed by atoms with Gasteiger partial charge in [-0.1, -0.05) is 30.3 Å². The van der Waals surface area contributed by atoms with Gasteiger partial charge in [0.25, 0.3) is 5.91 Å². The molecule has 1 aliphatic heterocycles. The van der Waals surface area contributed by atoms with Gasteiger partial charge in [-0.3, -0.25) is 25.2 Å². The molecule has 1 saturated heterocycles. The first-order chi connectivity index (χ1) is 13.5.